The van der Waals surface area contributed by atoms with E-state index in [2.05, 4.69) is 31.2 Å². The molecule has 8 heteroatoms. The van der Waals surface area contributed by atoms with Gasteiger partial charge in [-0.3, -0.25) is 4.98 Å². The van der Waals surface area contributed by atoms with E-state index in [1.165, 1.54) is 6.33 Å². The smallest absolute Gasteiger partial charge is 0.163 e. The Balaban J connectivity index is 0.000000994. The topological polar surface area (TPSA) is 99.8 Å². The summed E-state index contributed by atoms with van der Waals surface area (Å²) in [7, 11) is 0. The molecule has 0 bridgehead atoms. The minimum atomic E-state index is 0.442. The molecule has 5 rings (SSSR count). The predicted octanol–water partition coefficient (Wildman–Crippen LogP) is 3.50. The van der Waals surface area contributed by atoms with E-state index in [9.17, 15) is 0 Å². The van der Waals surface area contributed by atoms with Crippen molar-refractivity contribution in [2.75, 3.05) is 5.73 Å². The lowest BCUT2D eigenvalue weighted by Crippen LogP contribution is -2.05. The zero-order valence-corrected chi connectivity index (χ0v) is 16.6. The molecule has 29 heavy (non-hydrogen) atoms. The van der Waals surface area contributed by atoms with Crippen LogP contribution < -0.4 is 5.73 Å². The lowest BCUT2D eigenvalue weighted by atomic mass is 10.1. The van der Waals surface area contributed by atoms with Crippen molar-refractivity contribution in [1.82, 2.24) is 34.3 Å². The van der Waals surface area contributed by atoms with E-state index in [-0.39, 0.29) is 0 Å². The van der Waals surface area contributed by atoms with Crippen LogP contribution in [0.25, 0.3) is 27.9 Å². The second-order valence-electron chi connectivity index (χ2n) is 6.29. The molecule has 0 aromatic carbocycles. The van der Waals surface area contributed by atoms with E-state index in [0.29, 0.717) is 12.4 Å². The van der Waals surface area contributed by atoms with Gasteiger partial charge in [0.05, 0.1) is 34.5 Å². The van der Waals surface area contributed by atoms with Crippen LogP contribution in [0.15, 0.2) is 55.1 Å². The summed E-state index contributed by atoms with van der Waals surface area (Å²) in [5.41, 5.74) is 11.4. The van der Waals surface area contributed by atoms with E-state index < -0.39 is 0 Å². The molecule has 0 spiro atoms. The van der Waals surface area contributed by atoms with Crippen LogP contribution in [-0.2, 0) is 6.54 Å². The average Bonchev–Trinajstić information content (AvgIpc) is 3.28. The summed E-state index contributed by atoms with van der Waals surface area (Å²) >= 11 is 0. The second-order valence-corrected chi connectivity index (χ2v) is 6.29. The number of hydrogen-bond acceptors (Lipinski definition) is 6. The minimum Gasteiger partial charge on any atom is -0.383 e. The van der Waals surface area contributed by atoms with Gasteiger partial charge in [0.15, 0.2) is 5.65 Å². The molecule has 5 aromatic rings. The highest BCUT2D eigenvalue weighted by molar-refractivity contribution is 5.88. The Labute approximate surface area is 168 Å². The Hall–Kier alpha value is -3.81. The number of fused-ring (bicyclic) bond motifs is 2. The maximum Gasteiger partial charge on any atom is 0.163 e. The van der Waals surface area contributed by atoms with Crippen molar-refractivity contribution in [3.63, 3.8) is 0 Å². The number of aryl methyl sites for hydroxylation is 1. The molecule has 0 amide bonds. The molecule has 8 nitrogen and oxygen atoms in total. The number of nitrogens with zero attached hydrogens (tertiary/aromatic N) is 7. The number of nitrogens with two attached hydrogens (primary N) is 1. The van der Waals surface area contributed by atoms with E-state index >= 15 is 0 Å². The van der Waals surface area contributed by atoms with Crippen LogP contribution >= 0.6 is 0 Å². The van der Waals surface area contributed by atoms with Gasteiger partial charge in [-0.1, -0.05) is 19.9 Å². The highest BCUT2D eigenvalue weighted by Gasteiger charge is 2.18. The molecule has 5 heterocycles. The standard InChI is InChI=1S/C19H16N8.C2H6/c1-12-16-18(20)22-11-23-19(16)26(25-12)10-13-9-14-5-4-8-24-27(14)17(13)15-6-2-3-7-21-15;1-2/h2-9,11H,10H2,1H3,(H2,20,22,23);1-2H3. The molecule has 0 aliphatic rings. The Morgan fingerprint density at radius 3 is 2.66 bits per heavy atom. The number of aromatic nitrogens is 7. The average molecular weight is 386 g/mol. The predicted molar refractivity (Wildman–Crippen MR) is 113 cm³/mol. The number of anilines is 1. The summed E-state index contributed by atoms with van der Waals surface area (Å²) in [6.45, 7) is 6.44. The Bertz CT molecular complexity index is 1270. The summed E-state index contributed by atoms with van der Waals surface area (Å²) in [5.74, 6) is 0.442. The maximum atomic E-state index is 6.02. The maximum absolute atomic E-state index is 6.02. The Morgan fingerprint density at radius 1 is 1.00 bits per heavy atom. The molecule has 0 fully saturated rings. The van der Waals surface area contributed by atoms with Gasteiger partial charge in [-0.2, -0.15) is 10.2 Å². The largest absolute Gasteiger partial charge is 0.383 e. The third-order valence-corrected chi connectivity index (χ3v) is 4.58. The van der Waals surface area contributed by atoms with Gasteiger partial charge in [0.25, 0.3) is 0 Å². The molecule has 2 N–H and O–H groups in total. The lowest BCUT2D eigenvalue weighted by Gasteiger charge is -2.06. The van der Waals surface area contributed by atoms with E-state index in [1.807, 2.05) is 60.3 Å². The van der Waals surface area contributed by atoms with Crippen molar-refractivity contribution in [1.29, 1.82) is 0 Å². The number of pyridine rings is 1. The van der Waals surface area contributed by atoms with Gasteiger partial charge in [-0.15, -0.1) is 0 Å². The Morgan fingerprint density at radius 2 is 1.86 bits per heavy atom. The highest BCUT2D eigenvalue weighted by atomic mass is 15.3. The van der Waals surface area contributed by atoms with E-state index in [0.717, 1.165) is 39.2 Å². The van der Waals surface area contributed by atoms with Gasteiger partial charge < -0.3 is 5.73 Å². The fraction of sp³-hybridized carbons (Fsp3) is 0.190. The van der Waals surface area contributed by atoms with Crippen LogP contribution in [0.1, 0.15) is 25.1 Å². The summed E-state index contributed by atoms with van der Waals surface area (Å²) in [6, 6.07) is 11.9. The van der Waals surface area contributed by atoms with Crippen LogP contribution in [0, 0.1) is 6.92 Å². The van der Waals surface area contributed by atoms with Crippen LogP contribution in [-0.4, -0.2) is 34.3 Å². The zero-order chi connectivity index (χ0) is 20.4. The first-order valence-corrected chi connectivity index (χ1v) is 9.53. The van der Waals surface area contributed by atoms with E-state index in [4.69, 9.17) is 5.73 Å². The number of nitrogen functional groups attached to an aromatic ring is 1. The first-order valence-electron chi connectivity index (χ1n) is 9.53. The third-order valence-electron chi connectivity index (χ3n) is 4.58. The molecule has 0 aliphatic heterocycles. The van der Waals surface area contributed by atoms with Gasteiger partial charge >= 0.3 is 0 Å². The van der Waals surface area contributed by atoms with E-state index in [1.54, 1.807) is 12.4 Å². The fourth-order valence-corrected chi connectivity index (χ4v) is 3.44. The van der Waals surface area contributed by atoms with Crippen molar-refractivity contribution in [2.24, 2.45) is 0 Å². The summed E-state index contributed by atoms with van der Waals surface area (Å²) in [4.78, 5) is 13.0. The zero-order valence-electron chi connectivity index (χ0n) is 16.6. The summed E-state index contributed by atoms with van der Waals surface area (Å²) in [5, 5.41) is 9.93. The molecule has 0 saturated heterocycles. The van der Waals surface area contributed by atoms with Crippen LogP contribution in [0.2, 0.25) is 0 Å². The molecule has 5 aromatic heterocycles. The molecule has 0 saturated carbocycles. The van der Waals surface area contributed by atoms with Crippen molar-refractivity contribution < 1.29 is 0 Å². The van der Waals surface area contributed by atoms with Crippen molar-refractivity contribution >= 4 is 22.4 Å². The van der Waals surface area contributed by atoms with Gasteiger partial charge in [-0.25, -0.2) is 19.2 Å². The molecule has 0 aliphatic carbocycles. The molecular formula is C21H22N8. The molecular weight excluding hydrogens is 364 g/mol. The first kappa shape index (κ1) is 18.5. The van der Waals surface area contributed by atoms with Crippen molar-refractivity contribution in [3.05, 3.63) is 66.4 Å². The van der Waals surface area contributed by atoms with Crippen molar-refractivity contribution in [2.45, 2.75) is 27.3 Å². The molecule has 0 atom stereocenters. The normalized spacial score (nSPS) is 10.9. The fourth-order valence-electron chi connectivity index (χ4n) is 3.44. The van der Waals surface area contributed by atoms with Crippen molar-refractivity contribution in [3.8, 4) is 11.4 Å². The van der Waals surface area contributed by atoms with Crippen LogP contribution in [0.5, 0.6) is 0 Å². The second kappa shape index (κ2) is 7.67. The minimum absolute atomic E-state index is 0.442. The van der Waals surface area contributed by atoms with Gasteiger partial charge in [-0.05, 0) is 37.3 Å². The summed E-state index contributed by atoms with van der Waals surface area (Å²) < 4.78 is 3.75. The monoisotopic (exact) mass is 386 g/mol. The lowest BCUT2D eigenvalue weighted by molar-refractivity contribution is 0.695. The molecule has 0 radical (unpaired) electrons. The summed E-state index contributed by atoms with van der Waals surface area (Å²) in [6.07, 6.45) is 5.01. The number of hydrogen-bond donors (Lipinski definition) is 1. The van der Waals surface area contributed by atoms with Crippen LogP contribution in [0.3, 0.4) is 0 Å². The molecule has 0 unspecified atom stereocenters. The SMILES string of the molecule is CC.Cc1nn(Cc2cc3cccnn3c2-c2ccccn2)c2ncnc(N)c12. The molecule has 146 valence electrons. The van der Waals surface area contributed by atoms with Gasteiger partial charge in [0.2, 0.25) is 0 Å². The van der Waals surface area contributed by atoms with Gasteiger partial charge in [0, 0.05) is 18.0 Å². The van der Waals surface area contributed by atoms with Gasteiger partial charge in [0.1, 0.15) is 12.1 Å². The quantitative estimate of drug-likeness (QED) is 0.509. The number of rotatable bonds is 3. The highest BCUT2D eigenvalue weighted by Crippen LogP contribution is 2.28. The Kier molecular flexibility index (Phi) is 4.90. The third kappa shape index (κ3) is 3.18. The first-order chi connectivity index (χ1) is 14.2. The van der Waals surface area contributed by atoms with Crippen LogP contribution in [0.4, 0.5) is 5.82 Å².